The van der Waals surface area contributed by atoms with E-state index in [2.05, 4.69) is 5.16 Å². The van der Waals surface area contributed by atoms with E-state index in [4.69, 9.17) is 4.52 Å². The van der Waals surface area contributed by atoms with Gasteiger partial charge in [-0.05, 0) is 29.3 Å². The number of rotatable bonds is 2. The summed E-state index contributed by atoms with van der Waals surface area (Å²) in [4.78, 5) is 34.6. The summed E-state index contributed by atoms with van der Waals surface area (Å²) in [6, 6.07) is 9.04. The molecular formula is C18H13NO4. The first-order valence-electron chi connectivity index (χ1n) is 7.49. The average molecular weight is 307 g/mol. The van der Waals surface area contributed by atoms with Crippen molar-refractivity contribution in [3.63, 3.8) is 0 Å². The molecule has 114 valence electrons. The molecule has 1 fully saturated rings. The molecule has 1 heterocycles. The van der Waals surface area contributed by atoms with Gasteiger partial charge in [-0.25, -0.2) is 0 Å². The van der Waals surface area contributed by atoms with Gasteiger partial charge in [-0.3, -0.25) is 14.4 Å². The lowest BCUT2D eigenvalue weighted by Gasteiger charge is -2.17. The number of benzene rings is 2. The SMILES string of the molecule is O=Cc1ccc2c(ccc3onc(C4CCC(=O)CC4=O)c32)c1. The summed E-state index contributed by atoms with van der Waals surface area (Å²) in [6.07, 6.45) is 1.64. The summed E-state index contributed by atoms with van der Waals surface area (Å²) in [6.45, 7) is 0. The Hall–Kier alpha value is -2.82. The van der Waals surface area contributed by atoms with E-state index in [1.54, 1.807) is 18.2 Å². The maximum Gasteiger partial charge on any atom is 0.167 e. The minimum absolute atomic E-state index is 0.0143. The van der Waals surface area contributed by atoms with Crippen LogP contribution in [0, 0.1) is 0 Å². The number of aromatic nitrogens is 1. The number of carbonyl (C=O) groups excluding carboxylic acids is 3. The smallest absolute Gasteiger partial charge is 0.167 e. The largest absolute Gasteiger partial charge is 0.356 e. The van der Waals surface area contributed by atoms with Crippen LogP contribution in [-0.2, 0) is 9.59 Å². The zero-order chi connectivity index (χ0) is 16.0. The normalized spacial score (nSPS) is 18.7. The molecule has 1 aliphatic carbocycles. The fourth-order valence-corrected chi connectivity index (χ4v) is 3.29. The molecule has 0 spiro atoms. The van der Waals surface area contributed by atoms with Gasteiger partial charge >= 0.3 is 0 Å². The number of nitrogens with zero attached hydrogens (tertiary/aromatic N) is 1. The van der Waals surface area contributed by atoms with Crippen LogP contribution in [0.15, 0.2) is 34.9 Å². The van der Waals surface area contributed by atoms with Gasteiger partial charge in [-0.2, -0.15) is 0 Å². The van der Waals surface area contributed by atoms with E-state index in [1.165, 1.54) is 0 Å². The van der Waals surface area contributed by atoms with Crippen LogP contribution in [-0.4, -0.2) is 23.0 Å². The van der Waals surface area contributed by atoms with Crippen molar-refractivity contribution in [3.05, 3.63) is 41.6 Å². The molecule has 0 bridgehead atoms. The number of carbonyl (C=O) groups is 3. The van der Waals surface area contributed by atoms with Crippen LogP contribution in [0.25, 0.3) is 21.7 Å². The lowest BCUT2D eigenvalue weighted by atomic mass is 9.83. The molecule has 4 rings (SSSR count). The van der Waals surface area contributed by atoms with E-state index in [1.807, 2.05) is 12.1 Å². The average Bonchev–Trinajstić information content (AvgIpc) is 2.98. The van der Waals surface area contributed by atoms with E-state index >= 15 is 0 Å². The second-order valence-corrected chi connectivity index (χ2v) is 5.88. The molecule has 5 nitrogen and oxygen atoms in total. The molecule has 5 heteroatoms. The Kier molecular flexibility index (Phi) is 3.08. The third-order valence-electron chi connectivity index (χ3n) is 4.44. The van der Waals surface area contributed by atoms with Crippen molar-refractivity contribution in [1.29, 1.82) is 0 Å². The number of fused-ring (bicyclic) bond motifs is 3. The molecule has 1 atom stereocenters. The monoisotopic (exact) mass is 307 g/mol. The van der Waals surface area contributed by atoms with Crippen molar-refractivity contribution in [2.24, 2.45) is 0 Å². The van der Waals surface area contributed by atoms with Gasteiger partial charge in [0.05, 0.1) is 17.7 Å². The topological polar surface area (TPSA) is 77.2 Å². The predicted molar refractivity (Wildman–Crippen MR) is 83.5 cm³/mol. The van der Waals surface area contributed by atoms with Crippen molar-refractivity contribution in [2.75, 3.05) is 0 Å². The predicted octanol–water partition coefficient (Wildman–Crippen LogP) is 3.20. The zero-order valence-electron chi connectivity index (χ0n) is 12.2. The fourth-order valence-electron chi connectivity index (χ4n) is 3.29. The first-order chi connectivity index (χ1) is 11.2. The Labute approximate surface area is 131 Å². The molecule has 3 aromatic rings. The molecule has 0 N–H and O–H groups in total. The molecule has 1 aliphatic rings. The molecular weight excluding hydrogens is 294 g/mol. The van der Waals surface area contributed by atoms with Crippen LogP contribution in [0.1, 0.15) is 41.2 Å². The van der Waals surface area contributed by atoms with Crippen molar-refractivity contribution in [2.45, 2.75) is 25.2 Å². The quantitative estimate of drug-likeness (QED) is 0.536. The van der Waals surface area contributed by atoms with E-state index in [0.717, 1.165) is 22.4 Å². The molecule has 0 saturated heterocycles. The minimum Gasteiger partial charge on any atom is -0.356 e. The molecule has 23 heavy (non-hydrogen) atoms. The summed E-state index contributed by atoms with van der Waals surface area (Å²) in [5.41, 5.74) is 1.80. The van der Waals surface area contributed by atoms with Gasteiger partial charge in [-0.1, -0.05) is 23.4 Å². The third kappa shape index (κ3) is 2.16. The number of aldehydes is 1. The van der Waals surface area contributed by atoms with Crippen molar-refractivity contribution in [3.8, 4) is 0 Å². The van der Waals surface area contributed by atoms with E-state index in [-0.39, 0.29) is 18.0 Å². The van der Waals surface area contributed by atoms with Gasteiger partial charge in [0, 0.05) is 12.0 Å². The molecule has 2 aromatic carbocycles. The Morgan fingerprint density at radius 1 is 1.17 bits per heavy atom. The molecule has 0 amide bonds. The van der Waals surface area contributed by atoms with Crippen LogP contribution >= 0.6 is 0 Å². The third-order valence-corrected chi connectivity index (χ3v) is 4.44. The number of ketones is 2. The second kappa shape index (κ2) is 5.12. The molecule has 0 aliphatic heterocycles. The Bertz CT molecular complexity index is 970. The van der Waals surface area contributed by atoms with E-state index in [0.29, 0.717) is 29.7 Å². The van der Waals surface area contributed by atoms with Gasteiger partial charge in [-0.15, -0.1) is 0 Å². The van der Waals surface area contributed by atoms with Crippen molar-refractivity contribution >= 4 is 39.6 Å². The highest BCUT2D eigenvalue weighted by atomic mass is 16.5. The maximum absolute atomic E-state index is 12.2. The number of hydrogen-bond donors (Lipinski definition) is 0. The Morgan fingerprint density at radius 3 is 2.83 bits per heavy atom. The molecule has 1 aromatic heterocycles. The van der Waals surface area contributed by atoms with E-state index in [9.17, 15) is 14.4 Å². The highest BCUT2D eigenvalue weighted by molar-refractivity contribution is 6.11. The van der Waals surface area contributed by atoms with Gasteiger partial charge in [0.2, 0.25) is 0 Å². The number of Topliss-reactive ketones (excluding diaryl/α,β-unsaturated/α-hetero) is 2. The van der Waals surface area contributed by atoms with Gasteiger partial charge in [0.15, 0.2) is 5.58 Å². The van der Waals surface area contributed by atoms with E-state index < -0.39 is 5.92 Å². The molecule has 1 saturated carbocycles. The van der Waals surface area contributed by atoms with Crippen LogP contribution in [0.5, 0.6) is 0 Å². The van der Waals surface area contributed by atoms with Crippen molar-refractivity contribution < 1.29 is 18.9 Å². The standard InChI is InChI=1S/C18H13NO4/c20-9-10-1-4-13-11(7-10)2-6-16-17(13)18(19-23-16)14-5-3-12(21)8-15(14)22/h1-2,4,6-7,9,14H,3,5,8H2. The summed E-state index contributed by atoms with van der Waals surface area (Å²) in [7, 11) is 0. The molecule has 0 radical (unpaired) electrons. The zero-order valence-corrected chi connectivity index (χ0v) is 12.2. The summed E-state index contributed by atoms with van der Waals surface area (Å²) < 4.78 is 5.39. The van der Waals surface area contributed by atoms with Crippen LogP contribution < -0.4 is 0 Å². The van der Waals surface area contributed by atoms with Gasteiger partial charge < -0.3 is 4.52 Å². The Balaban J connectivity index is 1.94. The summed E-state index contributed by atoms with van der Waals surface area (Å²) >= 11 is 0. The Morgan fingerprint density at radius 2 is 2.04 bits per heavy atom. The van der Waals surface area contributed by atoms with Crippen molar-refractivity contribution in [1.82, 2.24) is 5.16 Å². The van der Waals surface area contributed by atoms with Crippen LogP contribution in [0.4, 0.5) is 0 Å². The first-order valence-corrected chi connectivity index (χ1v) is 7.49. The van der Waals surface area contributed by atoms with Gasteiger partial charge in [0.25, 0.3) is 0 Å². The highest BCUT2D eigenvalue weighted by Gasteiger charge is 2.32. The molecule has 1 unspecified atom stereocenters. The lowest BCUT2D eigenvalue weighted by molar-refractivity contribution is -0.130. The lowest BCUT2D eigenvalue weighted by Crippen LogP contribution is -2.23. The highest BCUT2D eigenvalue weighted by Crippen LogP contribution is 2.36. The minimum atomic E-state index is -0.398. The second-order valence-electron chi connectivity index (χ2n) is 5.88. The number of hydrogen-bond acceptors (Lipinski definition) is 5. The summed E-state index contributed by atoms with van der Waals surface area (Å²) in [5.74, 6) is -0.511. The summed E-state index contributed by atoms with van der Waals surface area (Å²) in [5, 5.41) is 6.70. The fraction of sp³-hybridized carbons (Fsp3) is 0.222. The van der Waals surface area contributed by atoms with Gasteiger partial charge in [0.1, 0.15) is 23.5 Å². The maximum atomic E-state index is 12.2. The van der Waals surface area contributed by atoms with Crippen LogP contribution in [0.2, 0.25) is 0 Å². The first kappa shape index (κ1) is 13.8. The van der Waals surface area contributed by atoms with Crippen LogP contribution in [0.3, 0.4) is 0 Å².